The molecule has 3 heteroatoms. The van der Waals surface area contributed by atoms with Crippen molar-refractivity contribution in [3.05, 3.63) is 42.7 Å². The van der Waals surface area contributed by atoms with Crippen LogP contribution in [0.1, 0.15) is 12.8 Å². The zero-order valence-electron chi connectivity index (χ0n) is 9.21. The lowest BCUT2D eigenvalue weighted by Gasteiger charge is -2.17. The minimum atomic E-state index is 1.12. The van der Waals surface area contributed by atoms with E-state index in [1.54, 1.807) is 6.20 Å². The number of nitrogens with zero attached hydrogens (tertiary/aromatic N) is 3. The number of hydrogen-bond acceptors (Lipinski definition) is 2. The van der Waals surface area contributed by atoms with Crippen LogP contribution in [0.3, 0.4) is 0 Å². The van der Waals surface area contributed by atoms with E-state index in [4.69, 9.17) is 0 Å². The van der Waals surface area contributed by atoms with Crippen molar-refractivity contribution in [3.8, 4) is 5.69 Å². The first-order chi connectivity index (χ1) is 7.93. The van der Waals surface area contributed by atoms with Crippen LogP contribution in [-0.2, 0) is 0 Å². The van der Waals surface area contributed by atoms with Crippen LogP contribution in [0.15, 0.2) is 42.7 Å². The van der Waals surface area contributed by atoms with Crippen LogP contribution >= 0.6 is 0 Å². The molecule has 0 atom stereocenters. The van der Waals surface area contributed by atoms with E-state index in [0.29, 0.717) is 0 Å². The van der Waals surface area contributed by atoms with Crippen molar-refractivity contribution in [2.45, 2.75) is 12.8 Å². The maximum Gasteiger partial charge on any atom is 0.0647 e. The van der Waals surface area contributed by atoms with Gasteiger partial charge >= 0.3 is 0 Å². The van der Waals surface area contributed by atoms with Crippen molar-refractivity contribution in [2.75, 3.05) is 18.0 Å². The molecule has 1 aliphatic heterocycles. The Balaban J connectivity index is 1.84. The third-order valence-corrected chi connectivity index (χ3v) is 3.09. The molecule has 0 unspecified atom stereocenters. The fourth-order valence-electron chi connectivity index (χ4n) is 2.21. The van der Waals surface area contributed by atoms with Gasteiger partial charge in [-0.05, 0) is 43.2 Å². The highest BCUT2D eigenvalue weighted by Gasteiger charge is 2.11. The van der Waals surface area contributed by atoms with E-state index in [1.165, 1.54) is 31.6 Å². The highest BCUT2D eigenvalue weighted by Crippen LogP contribution is 2.21. The molecule has 0 N–H and O–H groups in total. The van der Waals surface area contributed by atoms with Gasteiger partial charge in [0.1, 0.15) is 0 Å². The van der Waals surface area contributed by atoms with Gasteiger partial charge in [-0.1, -0.05) is 0 Å². The van der Waals surface area contributed by atoms with Gasteiger partial charge < -0.3 is 4.90 Å². The minimum Gasteiger partial charge on any atom is -0.372 e. The quantitative estimate of drug-likeness (QED) is 0.764. The third kappa shape index (κ3) is 1.69. The Hall–Kier alpha value is -1.77. The molecule has 1 aromatic heterocycles. The average Bonchev–Trinajstić information content (AvgIpc) is 3.03. The predicted octanol–water partition coefficient (Wildman–Crippen LogP) is 2.47. The lowest BCUT2D eigenvalue weighted by atomic mass is 10.2. The summed E-state index contributed by atoms with van der Waals surface area (Å²) in [6.07, 6.45) is 6.40. The van der Waals surface area contributed by atoms with Crippen LogP contribution in [-0.4, -0.2) is 22.9 Å². The summed E-state index contributed by atoms with van der Waals surface area (Å²) in [4.78, 5) is 2.44. The maximum atomic E-state index is 4.22. The summed E-state index contributed by atoms with van der Waals surface area (Å²) in [5.41, 5.74) is 2.45. The first-order valence-electron chi connectivity index (χ1n) is 5.78. The van der Waals surface area contributed by atoms with Gasteiger partial charge in [0.05, 0.1) is 5.69 Å². The summed E-state index contributed by atoms with van der Waals surface area (Å²) in [6, 6.07) is 10.6. The van der Waals surface area contributed by atoms with E-state index in [0.717, 1.165) is 5.69 Å². The first-order valence-corrected chi connectivity index (χ1v) is 5.78. The van der Waals surface area contributed by atoms with Gasteiger partial charge in [-0.15, -0.1) is 0 Å². The van der Waals surface area contributed by atoms with Gasteiger partial charge in [-0.2, -0.15) is 5.10 Å². The Morgan fingerprint density at radius 2 is 1.62 bits per heavy atom. The molecule has 82 valence electrons. The van der Waals surface area contributed by atoms with Crippen molar-refractivity contribution in [1.82, 2.24) is 9.78 Å². The Morgan fingerprint density at radius 1 is 0.938 bits per heavy atom. The normalized spacial score (nSPS) is 15.6. The average molecular weight is 213 g/mol. The molecule has 1 aromatic carbocycles. The Bertz CT molecular complexity index is 439. The molecule has 0 aliphatic carbocycles. The van der Waals surface area contributed by atoms with Crippen LogP contribution in [0.5, 0.6) is 0 Å². The highest BCUT2D eigenvalue weighted by molar-refractivity contribution is 5.51. The van der Waals surface area contributed by atoms with Gasteiger partial charge in [0, 0.05) is 31.2 Å². The molecule has 3 nitrogen and oxygen atoms in total. The molecular formula is C13H15N3. The zero-order chi connectivity index (χ0) is 10.8. The van der Waals surface area contributed by atoms with E-state index in [-0.39, 0.29) is 0 Å². The second kappa shape index (κ2) is 4.00. The summed E-state index contributed by atoms with van der Waals surface area (Å²) in [5.74, 6) is 0. The Kier molecular flexibility index (Phi) is 2.37. The van der Waals surface area contributed by atoms with E-state index in [2.05, 4.69) is 34.3 Å². The zero-order valence-corrected chi connectivity index (χ0v) is 9.21. The first kappa shape index (κ1) is 9.46. The van der Waals surface area contributed by atoms with Crippen molar-refractivity contribution in [3.63, 3.8) is 0 Å². The maximum absolute atomic E-state index is 4.22. The van der Waals surface area contributed by atoms with E-state index >= 15 is 0 Å². The second-order valence-electron chi connectivity index (χ2n) is 4.16. The lowest BCUT2D eigenvalue weighted by molar-refractivity contribution is 0.879. The molecule has 3 rings (SSSR count). The third-order valence-electron chi connectivity index (χ3n) is 3.09. The largest absolute Gasteiger partial charge is 0.372 e. The van der Waals surface area contributed by atoms with E-state index in [1.807, 2.05) is 16.9 Å². The van der Waals surface area contributed by atoms with Crippen LogP contribution in [0.2, 0.25) is 0 Å². The summed E-state index contributed by atoms with van der Waals surface area (Å²) in [5, 5.41) is 4.22. The molecule has 1 saturated heterocycles. The van der Waals surface area contributed by atoms with Crippen molar-refractivity contribution < 1.29 is 0 Å². The summed E-state index contributed by atoms with van der Waals surface area (Å²) in [7, 11) is 0. The van der Waals surface area contributed by atoms with Crippen molar-refractivity contribution in [1.29, 1.82) is 0 Å². The molecular weight excluding hydrogens is 198 g/mol. The molecule has 0 radical (unpaired) electrons. The smallest absolute Gasteiger partial charge is 0.0647 e. The van der Waals surface area contributed by atoms with Gasteiger partial charge in [-0.25, -0.2) is 4.68 Å². The standard InChI is InChI=1S/C13H15N3/c1-2-10-15(9-1)12-4-6-13(7-5-12)16-11-3-8-14-16/h3-8,11H,1-2,9-10H2. The van der Waals surface area contributed by atoms with Crippen molar-refractivity contribution in [2.24, 2.45) is 0 Å². The summed E-state index contributed by atoms with van der Waals surface area (Å²) < 4.78 is 1.88. The predicted molar refractivity (Wildman–Crippen MR) is 65.0 cm³/mol. The molecule has 16 heavy (non-hydrogen) atoms. The van der Waals surface area contributed by atoms with Gasteiger partial charge in [-0.3, -0.25) is 0 Å². The molecule has 1 fully saturated rings. The number of rotatable bonds is 2. The van der Waals surface area contributed by atoms with Crippen LogP contribution in [0.25, 0.3) is 5.69 Å². The van der Waals surface area contributed by atoms with Gasteiger partial charge in [0.25, 0.3) is 0 Å². The summed E-state index contributed by atoms with van der Waals surface area (Å²) >= 11 is 0. The fraction of sp³-hybridized carbons (Fsp3) is 0.308. The molecule has 0 spiro atoms. The molecule has 2 heterocycles. The highest BCUT2D eigenvalue weighted by atomic mass is 15.3. The number of anilines is 1. The fourth-order valence-corrected chi connectivity index (χ4v) is 2.21. The SMILES string of the molecule is c1cnn(-c2ccc(N3CCCC3)cc2)c1. The molecule has 1 aliphatic rings. The van der Waals surface area contributed by atoms with Crippen LogP contribution < -0.4 is 4.90 Å². The van der Waals surface area contributed by atoms with Gasteiger partial charge in [0.2, 0.25) is 0 Å². The minimum absolute atomic E-state index is 1.12. The summed E-state index contributed by atoms with van der Waals surface area (Å²) in [6.45, 7) is 2.39. The van der Waals surface area contributed by atoms with E-state index < -0.39 is 0 Å². The number of aromatic nitrogens is 2. The molecule has 0 saturated carbocycles. The molecule has 2 aromatic rings. The lowest BCUT2D eigenvalue weighted by Crippen LogP contribution is -2.17. The monoisotopic (exact) mass is 213 g/mol. The topological polar surface area (TPSA) is 21.1 Å². The van der Waals surface area contributed by atoms with Gasteiger partial charge in [0.15, 0.2) is 0 Å². The number of hydrogen-bond donors (Lipinski definition) is 0. The van der Waals surface area contributed by atoms with Crippen LogP contribution in [0, 0.1) is 0 Å². The second-order valence-corrected chi connectivity index (χ2v) is 4.16. The Morgan fingerprint density at radius 3 is 2.25 bits per heavy atom. The number of benzene rings is 1. The molecule has 0 bridgehead atoms. The van der Waals surface area contributed by atoms with Crippen molar-refractivity contribution >= 4 is 5.69 Å². The van der Waals surface area contributed by atoms with E-state index in [9.17, 15) is 0 Å². The van der Waals surface area contributed by atoms with Crippen LogP contribution in [0.4, 0.5) is 5.69 Å². The Labute approximate surface area is 95.3 Å². The molecule has 0 amide bonds.